The number of benzene rings is 3. The van der Waals surface area contributed by atoms with Crippen LogP contribution in [-0.4, -0.2) is 68.1 Å². The van der Waals surface area contributed by atoms with Crippen molar-refractivity contribution >= 4 is 34.4 Å². The van der Waals surface area contributed by atoms with Crippen LogP contribution in [0.4, 0.5) is 5.69 Å². The SMILES string of the molecule is CCCCN(CCCC)C(=O)c1cc(C)n(-c2ccc(NC(=O)c3cc(=O)c4cc(C)ccc4o3)cc2C(=O)N2Cc3ccccc3CC2CO)n1. The lowest BCUT2D eigenvalue weighted by Gasteiger charge is -2.36. The smallest absolute Gasteiger partial charge is 0.291 e. The molecule has 1 atom stereocenters. The first-order valence-corrected chi connectivity index (χ1v) is 18.0. The Kier molecular flexibility index (Phi) is 11.0. The predicted octanol–water partition coefficient (Wildman–Crippen LogP) is 6.45. The van der Waals surface area contributed by atoms with Crippen molar-refractivity contribution in [3.05, 3.63) is 122 Å². The minimum Gasteiger partial charge on any atom is -0.451 e. The number of amides is 3. The average molecular weight is 704 g/mol. The standard InChI is InChI=1S/C41H45N5O6/c1-5-7-17-44(18-8-6-2)41(51)34-20-27(4)46(43-34)35-15-14-30(42-39(49)38-23-36(48)33-19-26(3)13-16-37(33)52-38)22-32(35)40(50)45-24-29-12-10-9-11-28(29)21-31(45)25-47/h9-16,19-20,22-23,31,47H,5-8,17-18,21,24-25H2,1-4H3,(H,42,49). The van der Waals surface area contributed by atoms with E-state index in [1.165, 1.54) is 0 Å². The number of fused-ring (bicyclic) bond motifs is 2. The largest absolute Gasteiger partial charge is 0.451 e. The van der Waals surface area contributed by atoms with Gasteiger partial charge in [0, 0.05) is 37.1 Å². The zero-order valence-corrected chi connectivity index (χ0v) is 30.1. The highest BCUT2D eigenvalue weighted by Gasteiger charge is 2.32. The molecular formula is C41H45N5O6. The summed E-state index contributed by atoms with van der Waals surface area (Å²) < 4.78 is 7.39. The number of anilines is 1. The number of aliphatic hydroxyl groups is 1. The number of carbonyl (C=O) groups is 3. The van der Waals surface area contributed by atoms with E-state index in [0.29, 0.717) is 36.3 Å². The van der Waals surface area contributed by atoms with Gasteiger partial charge < -0.3 is 24.6 Å². The zero-order chi connectivity index (χ0) is 36.9. The van der Waals surface area contributed by atoms with E-state index in [2.05, 4.69) is 19.2 Å². The van der Waals surface area contributed by atoms with Gasteiger partial charge in [0.15, 0.2) is 16.9 Å². The minimum atomic E-state index is -0.659. The minimum absolute atomic E-state index is 0.166. The molecule has 0 radical (unpaired) electrons. The summed E-state index contributed by atoms with van der Waals surface area (Å²) in [5.74, 6) is -1.37. The van der Waals surface area contributed by atoms with Crippen molar-refractivity contribution in [3.63, 3.8) is 0 Å². The fraction of sp³-hybridized carbons (Fsp3) is 0.341. The molecule has 0 saturated carbocycles. The normalized spacial score (nSPS) is 13.9. The van der Waals surface area contributed by atoms with E-state index >= 15 is 0 Å². The van der Waals surface area contributed by atoms with Crippen LogP contribution in [0.3, 0.4) is 0 Å². The Morgan fingerprint density at radius 3 is 2.38 bits per heavy atom. The Labute approximate surface area is 302 Å². The molecule has 3 heterocycles. The Morgan fingerprint density at radius 1 is 0.942 bits per heavy atom. The van der Waals surface area contributed by atoms with Gasteiger partial charge in [-0.3, -0.25) is 19.2 Å². The Bertz CT molecular complexity index is 2180. The lowest BCUT2D eigenvalue weighted by atomic mass is 9.93. The van der Waals surface area contributed by atoms with Crippen LogP contribution in [0.1, 0.15) is 93.3 Å². The van der Waals surface area contributed by atoms with Crippen molar-refractivity contribution in [1.29, 1.82) is 0 Å². The number of nitrogens with one attached hydrogen (secondary N) is 1. The van der Waals surface area contributed by atoms with E-state index in [0.717, 1.165) is 48.4 Å². The molecule has 270 valence electrons. The van der Waals surface area contributed by atoms with Gasteiger partial charge in [0.25, 0.3) is 17.7 Å². The van der Waals surface area contributed by atoms with Gasteiger partial charge in [-0.2, -0.15) is 5.10 Å². The summed E-state index contributed by atoms with van der Waals surface area (Å²) in [5.41, 5.74) is 4.73. The third kappa shape index (κ3) is 7.55. The lowest BCUT2D eigenvalue weighted by molar-refractivity contribution is 0.0544. The molecule has 1 aliphatic rings. The second-order valence-electron chi connectivity index (χ2n) is 13.5. The molecule has 1 unspecified atom stereocenters. The third-order valence-electron chi connectivity index (χ3n) is 9.60. The molecular weight excluding hydrogens is 658 g/mol. The summed E-state index contributed by atoms with van der Waals surface area (Å²) >= 11 is 0. The maximum atomic E-state index is 14.6. The van der Waals surface area contributed by atoms with Crippen LogP contribution >= 0.6 is 0 Å². The van der Waals surface area contributed by atoms with Crippen molar-refractivity contribution in [3.8, 4) is 5.69 Å². The summed E-state index contributed by atoms with van der Waals surface area (Å²) in [6, 6.07) is 20.3. The topological polar surface area (TPSA) is 138 Å². The van der Waals surface area contributed by atoms with Crippen molar-refractivity contribution in [2.45, 2.75) is 72.4 Å². The Balaban J connectivity index is 1.39. The number of rotatable bonds is 12. The van der Waals surface area contributed by atoms with Crippen LogP contribution in [0.25, 0.3) is 16.7 Å². The number of carbonyl (C=O) groups excluding carboxylic acids is 3. The highest BCUT2D eigenvalue weighted by Crippen LogP contribution is 2.29. The lowest BCUT2D eigenvalue weighted by Crippen LogP contribution is -2.46. The van der Waals surface area contributed by atoms with Crippen LogP contribution in [0, 0.1) is 13.8 Å². The highest BCUT2D eigenvalue weighted by molar-refractivity contribution is 6.05. The average Bonchev–Trinajstić information content (AvgIpc) is 3.54. The fourth-order valence-electron chi connectivity index (χ4n) is 6.69. The van der Waals surface area contributed by atoms with E-state index in [4.69, 9.17) is 9.52 Å². The molecule has 2 N–H and O–H groups in total. The molecule has 0 spiro atoms. The number of nitrogens with zero attached hydrogens (tertiary/aromatic N) is 4. The molecule has 0 bridgehead atoms. The van der Waals surface area contributed by atoms with E-state index in [1.807, 2.05) is 43.0 Å². The maximum absolute atomic E-state index is 14.6. The molecule has 3 amide bonds. The second kappa shape index (κ2) is 15.8. The number of hydrogen-bond donors (Lipinski definition) is 2. The van der Waals surface area contributed by atoms with Gasteiger partial charge >= 0.3 is 0 Å². The molecule has 52 heavy (non-hydrogen) atoms. The number of aromatic nitrogens is 2. The van der Waals surface area contributed by atoms with Crippen molar-refractivity contribution in [1.82, 2.24) is 19.6 Å². The first kappa shape index (κ1) is 36.2. The number of hydrogen-bond acceptors (Lipinski definition) is 7. The first-order chi connectivity index (χ1) is 25.1. The summed E-state index contributed by atoms with van der Waals surface area (Å²) in [4.78, 5) is 58.1. The molecule has 0 saturated heterocycles. The van der Waals surface area contributed by atoms with Crippen LogP contribution in [-0.2, 0) is 13.0 Å². The van der Waals surface area contributed by atoms with Crippen molar-refractivity contribution < 1.29 is 23.9 Å². The fourth-order valence-corrected chi connectivity index (χ4v) is 6.69. The van der Waals surface area contributed by atoms with Crippen molar-refractivity contribution in [2.75, 3.05) is 25.0 Å². The molecule has 1 aliphatic heterocycles. The van der Waals surface area contributed by atoms with Gasteiger partial charge in [-0.1, -0.05) is 62.6 Å². The number of aryl methyl sites for hydroxylation is 2. The molecule has 6 rings (SSSR count). The van der Waals surface area contributed by atoms with Gasteiger partial charge in [0.05, 0.1) is 29.3 Å². The van der Waals surface area contributed by atoms with Gasteiger partial charge in [-0.05, 0) is 80.6 Å². The molecule has 3 aromatic carbocycles. The molecule has 5 aromatic rings. The van der Waals surface area contributed by atoms with Crippen LogP contribution in [0.5, 0.6) is 0 Å². The highest BCUT2D eigenvalue weighted by atomic mass is 16.3. The third-order valence-corrected chi connectivity index (χ3v) is 9.60. The zero-order valence-electron chi connectivity index (χ0n) is 30.1. The second-order valence-corrected chi connectivity index (χ2v) is 13.5. The van der Waals surface area contributed by atoms with Crippen LogP contribution in [0.15, 0.2) is 82.0 Å². The van der Waals surface area contributed by atoms with Gasteiger partial charge in [0.1, 0.15) is 5.58 Å². The molecule has 0 fully saturated rings. The molecule has 11 heteroatoms. The van der Waals surface area contributed by atoms with Crippen molar-refractivity contribution in [2.24, 2.45) is 0 Å². The summed E-state index contributed by atoms with van der Waals surface area (Å²) in [6.45, 7) is 9.19. The quantitative estimate of drug-likeness (QED) is 0.152. The van der Waals surface area contributed by atoms with Gasteiger partial charge in [0.2, 0.25) is 0 Å². The van der Waals surface area contributed by atoms with E-state index in [-0.39, 0.29) is 58.7 Å². The Morgan fingerprint density at radius 2 is 1.67 bits per heavy atom. The maximum Gasteiger partial charge on any atom is 0.291 e. The Hall–Kier alpha value is -5.55. The van der Waals surface area contributed by atoms with Gasteiger partial charge in [-0.15, -0.1) is 0 Å². The van der Waals surface area contributed by atoms with Crippen LogP contribution < -0.4 is 10.7 Å². The van der Waals surface area contributed by atoms with E-state index < -0.39 is 11.9 Å². The summed E-state index contributed by atoms with van der Waals surface area (Å²) in [7, 11) is 0. The number of aliphatic hydroxyl groups excluding tert-OH is 1. The predicted molar refractivity (Wildman–Crippen MR) is 200 cm³/mol. The molecule has 0 aliphatic carbocycles. The van der Waals surface area contributed by atoms with Crippen LogP contribution in [0.2, 0.25) is 0 Å². The molecule has 11 nitrogen and oxygen atoms in total. The monoisotopic (exact) mass is 703 g/mol. The number of unbranched alkanes of at least 4 members (excludes halogenated alkanes) is 2. The molecule has 2 aromatic heterocycles. The summed E-state index contributed by atoms with van der Waals surface area (Å²) in [6.07, 6.45) is 4.17. The van der Waals surface area contributed by atoms with E-state index in [9.17, 15) is 24.3 Å². The van der Waals surface area contributed by atoms with Gasteiger partial charge in [-0.25, -0.2) is 4.68 Å². The van der Waals surface area contributed by atoms with E-state index in [1.54, 1.807) is 52.0 Å². The summed E-state index contributed by atoms with van der Waals surface area (Å²) in [5, 5.41) is 18.3. The first-order valence-electron chi connectivity index (χ1n) is 18.0.